The normalized spacial score (nSPS) is 15.7. The van der Waals surface area contributed by atoms with Crippen LogP contribution in [-0.2, 0) is 12.4 Å². The summed E-state index contributed by atoms with van der Waals surface area (Å²) in [6, 6.07) is 26.3. The number of piperazine rings is 1. The number of pyridine rings is 1. The van der Waals surface area contributed by atoms with Gasteiger partial charge in [-0.15, -0.1) is 0 Å². The smallest absolute Gasteiger partial charge is 0.394 e. The fraction of sp³-hybridized carbons (Fsp3) is 0.343. The van der Waals surface area contributed by atoms with E-state index in [2.05, 4.69) is 68.6 Å². The molecule has 0 saturated carbocycles. The summed E-state index contributed by atoms with van der Waals surface area (Å²) in [6.45, 7) is 3.99. The maximum atomic E-state index is 14.1. The molecule has 2 heterocycles. The van der Waals surface area contributed by atoms with Crippen molar-refractivity contribution in [3.8, 4) is 11.3 Å². The van der Waals surface area contributed by atoms with Crippen molar-refractivity contribution in [2.24, 2.45) is 0 Å². The molecule has 0 amide bonds. The van der Waals surface area contributed by atoms with E-state index in [9.17, 15) is 31.4 Å². The van der Waals surface area contributed by atoms with Crippen LogP contribution in [0.25, 0.3) is 11.3 Å². The van der Waals surface area contributed by atoms with Crippen molar-refractivity contribution in [3.63, 3.8) is 0 Å². The molecule has 0 aliphatic carbocycles. The number of hydrogen-bond donors (Lipinski definition) is 2. The first-order valence-electron chi connectivity index (χ1n) is 15.2. The highest BCUT2D eigenvalue weighted by atomic mass is 19.4. The molecule has 3 aromatic carbocycles. The van der Waals surface area contributed by atoms with Crippen molar-refractivity contribution in [2.45, 2.75) is 30.9 Å². The second-order valence-corrected chi connectivity index (χ2v) is 11.4. The van der Waals surface area contributed by atoms with Gasteiger partial charge in [0, 0.05) is 37.3 Å². The van der Waals surface area contributed by atoms with Gasteiger partial charge in [0.1, 0.15) is 5.69 Å². The van der Waals surface area contributed by atoms with Crippen molar-refractivity contribution >= 4 is 0 Å². The molecule has 2 N–H and O–H groups in total. The van der Waals surface area contributed by atoms with Crippen LogP contribution in [0.2, 0.25) is 0 Å². The number of hydrogen-bond acceptors (Lipinski definition) is 5. The Morgan fingerprint density at radius 3 is 1.83 bits per heavy atom. The van der Waals surface area contributed by atoms with E-state index < -0.39 is 36.3 Å². The van der Waals surface area contributed by atoms with E-state index >= 15 is 0 Å². The van der Waals surface area contributed by atoms with Crippen LogP contribution in [0.1, 0.15) is 46.5 Å². The van der Waals surface area contributed by atoms with Crippen molar-refractivity contribution < 1.29 is 31.4 Å². The Morgan fingerprint density at radius 1 is 0.717 bits per heavy atom. The summed E-state index contributed by atoms with van der Waals surface area (Å²) in [5, 5.41) is 13.0. The predicted molar refractivity (Wildman–Crippen MR) is 165 cm³/mol. The van der Waals surface area contributed by atoms with E-state index in [1.54, 1.807) is 0 Å². The molecule has 5 nitrogen and oxygen atoms in total. The third-order valence-electron chi connectivity index (χ3n) is 8.31. The van der Waals surface area contributed by atoms with Gasteiger partial charge in [-0.2, -0.15) is 26.3 Å². The molecule has 1 aliphatic rings. The van der Waals surface area contributed by atoms with E-state index in [0.29, 0.717) is 13.0 Å². The monoisotopic (exact) mass is 642 g/mol. The minimum absolute atomic E-state index is 0.109. The molecular formula is C35H36F6N4O. The number of nitrogens with one attached hydrogen (secondary N) is 1. The van der Waals surface area contributed by atoms with Crippen LogP contribution in [0, 0.1) is 0 Å². The lowest BCUT2D eigenvalue weighted by molar-refractivity contribution is -0.142. The lowest BCUT2D eigenvalue weighted by atomic mass is 9.96. The Hall–Kier alpha value is -3.77. The van der Waals surface area contributed by atoms with E-state index in [4.69, 9.17) is 0 Å². The van der Waals surface area contributed by atoms with Gasteiger partial charge in [0.2, 0.25) is 0 Å². The molecule has 1 fully saturated rings. The number of halogens is 6. The van der Waals surface area contributed by atoms with Crippen molar-refractivity contribution in [3.05, 3.63) is 125 Å². The summed E-state index contributed by atoms with van der Waals surface area (Å²) < 4.78 is 81.0. The minimum atomic E-state index is -4.83. The number of aromatic nitrogens is 1. The molecule has 11 heteroatoms. The Balaban J connectivity index is 1.17. The van der Waals surface area contributed by atoms with Gasteiger partial charge in [0.05, 0.1) is 29.9 Å². The Morgan fingerprint density at radius 2 is 1.30 bits per heavy atom. The standard InChI is InChI=1S/C35H36F6N4O/c36-34(37,38)28-14-12-25(13-15-28)30-17-16-29(33(43-30)35(39,40)41)31(24-46)42-18-7-19-44-20-22-45(23-21-44)32(26-8-3-1-4-9-26)27-10-5-2-6-11-27/h1-6,8-17,31-32,42,46H,7,18-24H2/t31-/m0/s1. The first kappa shape index (κ1) is 33.6. The number of nitrogens with zero attached hydrogens (tertiary/aromatic N) is 3. The fourth-order valence-corrected chi connectivity index (χ4v) is 5.95. The van der Waals surface area contributed by atoms with Gasteiger partial charge in [-0.1, -0.05) is 78.9 Å². The zero-order chi connectivity index (χ0) is 32.7. The van der Waals surface area contributed by atoms with Crippen LogP contribution in [-0.4, -0.2) is 65.8 Å². The number of aliphatic hydroxyl groups excluding tert-OH is 1. The third kappa shape index (κ3) is 8.33. The van der Waals surface area contributed by atoms with E-state index in [1.807, 2.05) is 12.1 Å². The molecule has 1 aliphatic heterocycles. The number of aliphatic hydroxyl groups is 1. The van der Waals surface area contributed by atoms with Crippen LogP contribution in [0.3, 0.4) is 0 Å². The van der Waals surface area contributed by atoms with E-state index in [0.717, 1.165) is 57.0 Å². The third-order valence-corrected chi connectivity index (χ3v) is 8.31. The SMILES string of the molecule is OC[C@H](NCCCN1CCN(C(c2ccccc2)c2ccccc2)CC1)c1ccc(-c2ccc(C(F)(F)F)cc2)nc1C(F)(F)F. The molecule has 0 bridgehead atoms. The quantitative estimate of drug-likeness (QED) is 0.134. The van der Waals surface area contributed by atoms with Gasteiger partial charge in [-0.05, 0) is 48.8 Å². The summed E-state index contributed by atoms with van der Waals surface area (Å²) in [5.41, 5.74) is 0.188. The van der Waals surface area contributed by atoms with Gasteiger partial charge >= 0.3 is 12.4 Å². The molecule has 4 aromatic rings. The first-order chi connectivity index (χ1) is 22.0. The first-order valence-corrected chi connectivity index (χ1v) is 15.2. The number of rotatable bonds is 11. The van der Waals surface area contributed by atoms with Gasteiger partial charge < -0.3 is 15.3 Å². The molecule has 46 heavy (non-hydrogen) atoms. The van der Waals surface area contributed by atoms with Crippen molar-refractivity contribution in [1.29, 1.82) is 0 Å². The highest BCUT2D eigenvalue weighted by Gasteiger charge is 2.38. The van der Waals surface area contributed by atoms with Crippen LogP contribution in [0.5, 0.6) is 0 Å². The summed E-state index contributed by atoms with van der Waals surface area (Å²) in [7, 11) is 0. The molecule has 1 saturated heterocycles. The number of alkyl halides is 6. The Labute approximate surface area is 264 Å². The van der Waals surface area contributed by atoms with Crippen LogP contribution >= 0.6 is 0 Å². The number of benzene rings is 3. The summed E-state index contributed by atoms with van der Waals surface area (Å²) in [5.74, 6) is 0. The second-order valence-electron chi connectivity index (χ2n) is 11.4. The average molecular weight is 643 g/mol. The Bertz CT molecular complexity index is 1480. The zero-order valence-electron chi connectivity index (χ0n) is 25.1. The molecule has 1 aromatic heterocycles. The molecule has 0 unspecified atom stereocenters. The fourth-order valence-electron chi connectivity index (χ4n) is 5.95. The Kier molecular flexibility index (Phi) is 10.8. The van der Waals surface area contributed by atoms with Crippen molar-refractivity contribution in [1.82, 2.24) is 20.1 Å². The molecule has 0 spiro atoms. The lowest BCUT2D eigenvalue weighted by Crippen LogP contribution is -2.48. The average Bonchev–Trinajstić information content (AvgIpc) is 3.06. The van der Waals surface area contributed by atoms with E-state index in [1.165, 1.54) is 23.3 Å². The van der Waals surface area contributed by atoms with Crippen molar-refractivity contribution in [2.75, 3.05) is 45.9 Å². The molecule has 1 atom stereocenters. The van der Waals surface area contributed by atoms with Gasteiger partial charge in [-0.25, -0.2) is 4.98 Å². The van der Waals surface area contributed by atoms with E-state index in [-0.39, 0.29) is 22.9 Å². The van der Waals surface area contributed by atoms with Gasteiger partial charge in [0.25, 0.3) is 0 Å². The summed E-state index contributed by atoms with van der Waals surface area (Å²) in [4.78, 5) is 8.58. The zero-order valence-corrected chi connectivity index (χ0v) is 25.1. The second kappa shape index (κ2) is 14.8. The minimum Gasteiger partial charge on any atom is -0.394 e. The van der Waals surface area contributed by atoms with Crippen LogP contribution < -0.4 is 5.32 Å². The van der Waals surface area contributed by atoms with Crippen LogP contribution in [0.15, 0.2) is 97.1 Å². The summed E-state index contributed by atoms with van der Waals surface area (Å²) in [6.07, 6.45) is -8.73. The van der Waals surface area contributed by atoms with Crippen LogP contribution in [0.4, 0.5) is 26.3 Å². The maximum absolute atomic E-state index is 14.1. The molecule has 244 valence electrons. The highest BCUT2D eigenvalue weighted by molar-refractivity contribution is 5.60. The largest absolute Gasteiger partial charge is 0.433 e. The lowest BCUT2D eigenvalue weighted by Gasteiger charge is -2.40. The topological polar surface area (TPSA) is 51.6 Å². The maximum Gasteiger partial charge on any atom is 0.433 e. The molecule has 0 radical (unpaired) electrons. The highest BCUT2D eigenvalue weighted by Crippen LogP contribution is 2.36. The summed E-state index contributed by atoms with van der Waals surface area (Å²) >= 11 is 0. The molecule has 5 rings (SSSR count). The van der Waals surface area contributed by atoms with Gasteiger partial charge in [-0.3, -0.25) is 4.90 Å². The molecular weight excluding hydrogens is 606 g/mol. The van der Waals surface area contributed by atoms with Gasteiger partial charge in [0.15, 0.2) is 0 Å². The predicted octanol–water partition coefficient (Wildman–Crippen LogP) is 7.21.